The monoisotopic (exact) mass is 306 g/mol. The van der Waals surface area contributed by atoms with Crippen molar-refractivity contribution in [3.05, 3.63) is 20.3 Å². The van der Waals surface area contributed by atoms with Crippen molar-refractivity contribution in [3.63, 3.8) is 0 Å². The second kappa shape index (κ2) is 5.80. The summed E-state index contributed by atoms with van der Waals surface area (Å²) in [4.78, 5) is 12.5. The summed E-state index contributed by atoms with van der Waals surface area (Å²) in [6, 6.07) is 1.96. The molecule has 0 fully saturated rings. The molecule has 1 aromatic rings. The maximum absolute atomic E-state index is 10.5. The van der Waals surface area contributed by atoms with Crippen molar-refractivity contribution < 1.29 is 15.0 Å². The van der Waals surface area contributed by atoms with Gasteiger partial charge >= 0.3 is 5.97 Å². The van der Waals surface area contributed by atoms with Gasteiger partial charge in [0, 0.05) is 20.6 Å². The first-order valence-corrected chi connectivity index (χ1v) is 6.66. The van der Waals surface area contributed by atoms with Crippen LogP contribution in [0, 0.1) is 12.8 Å². The predicted octanol–water partition coefficient (Wildman–Crippen LogP) is 3.35. The highest BCUT2D eigenvalue weighted by atomic mass is 79.9. The van der Waals surface area contributed by atoms with Crippen molar-refractivity contribution in [2.45, 2.75) is 32.8 Å². The van der Waals surface area contributed by atoms with Crippen LogP contribution in [0.25, 0.3) is 0 Å². The van der Waals surface area contributed by atoms with Gasteiger partial charge in [-0.1, -0.05) is 6.92 Å². The third kappa shape index (κ3) is 3.88. The molecule has 2 unspecified atom stereocenters. The van der Waals surface area contributed by atoms with Crippen molar-refractivity contribution in [2.24, 2.45) is 5.92 Å². The fourth-order valence-corrected chi connectivity index (χ4v) is 3.51. The molecule has 0 spiro atoms. The zero-order valence-corrected chi connectivity index (χ0v) is 11.6. The second-order valence-corrected chi connectivity index (χ2v) is 6.17. The number of carboxylic acid groups (broad SMARTS) is 1. The first-order valence-electron chi connectivity index (χ1n) is 5.05. The molecule has 90 valence electrons. The molecule has 0 saturated carbocycles. The van der Waals surface area contributed by atoms with Gasteiger partial charge in [0.1, 0.15) is 0 Å². The van der Waals surface area contributed by atoms with E-state index in [1.54, 1.807) is 0 Å². The third-order valence-electron chi connectivity index (χ3n) is 2.29. The Morgan fingerprint density at radius 3 is 2.69 bits per heavy atom. The van der Waals surface area contributed by atoms with Crippen LogP contribution < -0.4 is 0 Å². The standard InChI is InChI=1S/C11H15BrO3S/c1-6(4-10(14)15)3-9(13)11-8(12)5-7(2)16-11/h5-6,9,13H,3-4H2,1-2H3,(H,14,15). The van der Waals surface area contributed by atoms with Crippen molar-refractivity contribution >= 4 is 33.2 Å². The summed E-state index contributed by atoms with van der Waals surface area (Å²) in [7, 11) is 0. The molecular weight excluding hydrogens is 292 g/mol. The van der Waals surface area contributed by atoms with E-state index in [-0.39, 0.29) is 12.3 Å². The van der Waals surface area contributed by atoms with Gasteiger partial charge in [0.05, 0.1) is 6.10 Å². The fraction of sp³-hybridized carbons (Fsp3) is 0.545. The highest BCUT2D eigenvalue weighted by molar-refractivity contribution is 9.10. The molecule has 1 heterocycles. The smallest absolute Gasteiger partial charge is 0.303 e. The lowest BCUT2D eigenvalue weighted by atomic mass is 9.99. The van der Waals surface area contributed by atoms with Crippen molar-refractivity contribution in [2.75, 3.05) is 0 Å². The summed E-state index contributed by atoms with van der Waals surface area (Å²) in [5.74, 6) is -0.845. The van der Waals surface area contributed by atoms with E-state index in [0.29, 0.717) is 6.42 Å². The molecular formula is C11H15BrO3S. The molecule has 2 N–H and O–H groups in total. The normalized spacial score (nSPS) is 14.8. The van der Waals surface area contributed by atoms with E-state index in [1.807, 2.05) is 19.9 Å². The summed E-state index contributed by atoms with van der Waals surface area (Å²) < 4.78 is 0.907. The van der Waals surface area contributed by atoms with Gasteiger partial charge in [-0.25, -0.2) is 0 Å². The van der Waals surface area contributed by atoms with E-state index >= 15 is 0 Å². The molecule has 0 aromatic carbocycles. The van der Waals surface area contributed by atoms with Crippen LogP contribution in [0.15, 0.2) is 10.5 Å². The number of aryl methyl sites for hydroxylation is 1. The van der Waals surface area contributed by atoms with Gasteiger partial charge in [0.25, 0.3) is 0 Å². The Labute approximate surface area is 107 Å². The molecule has 16 heavy (non-hydrogen) atoms. The van der Waals surface area contributed by atoms with E-state index in [2.05, 4.69) is 15.9 Å². The minimum atomic E-state index is -0.818. The van der Waals surface area contributed by atoms with Crippen LogP contribution in [0.2, 0.25) is 0 Å². The molecule has 0 aliphatic carbocycles. The number of aliphatic hydroxyl groups is 1. The number of aliphatic hydroxyl groups excluding tert-OH is 1. The minimum Gasteiger partial charge on any atom is -0.481 e. The van der Waals surface area contributed by atoms with E-state index in [4.69, 9.17) is 5.11 Å². The van der Waals surface area contributed by atoms with Crippen LogP contribution in [0.3, 0.4) is 0 Å². The zero-order valence-electron chi connectivity index (χ0n) is 9.24. The van der Waals surface area contributed by atoms with Crippen LogP contribution in [0.5, 0.6) is 0 Å². The minimum absolute atomic E-state index is 0.0261. The number of hydrogen-bond donors (Lipinski definition) is 2. The molecule has 0 bridgehead atoms. The number of rotatable bonds is 5. The Morgan fingerprint density at radius 2 is 2.25 bits per heavy atom. The molecule has 0 radical (unpaired) electrons. The van der Waals surface area contributed by atoms with Gasteiger partial charge in [0.15, 0.2) is 0 Å². The topological polar surface area (TPSA) is 57.5 Å². The largest absolute Gasteiger partial charge is 0.481 e. The maximum atomic E-state index is 10.5. The molecule has 1 aromatic heterocycles. The van der Waals surface area contributed by atoms with Crippen molar-refractivity contribution in [3.8, 4) is 0 Å². The SMILES string of the molecule is Cc1cc(Br)c(C(O)CC(C)CC(=O)O)s1. The maximum Gasteiger partial charge on any atom is 0.303 e. The second-order valence-electron chi connectivity index (χ2n) is 4.02. The molecule has 0 amide bonds. The quantitative estimate of drug-likeness (QED) is 0.877. The van der Waals surface area contributed by atoms with Crippen LogP contribution in [-0.2, 0) is 4.79 Å². The van der Waals surface area contributed by atoms with Gasteiger partial charge in [-0.3, -0.25) is 4.79 Å². The molecule has 5 heteroatoms. The lowest BCUT2D eigenvalue weighted by molar-refractivity contribution is -0.138. The van der Waals surface area contributed by atoms with Crippen molar-refractivity contribution in [1.82, 2.24) is 0 Å². The summed E-state index contributed by atoms with van der Waals surface area (Å²) in [5, 5.41) is 18.6. The Balaban J connectivity index is 2.61. The van der Waals surface area contributed by atoms with Gasteiger partial charge in [0.2, 0.25) is 0 Å². The lowest BCUT2D eigenvalue weighted by Crippen LogP contribution is -2.08. The summed E-state index contributed by atoms with van der Waals surface area (Å²) in [5.41, 5.74) is 0. The fourth-order valence-electron chi connectivity index (χ4n) is 1.60. The van der Waals surface area contributed by atoms with Crippen LogP contribution in [-0.4, -0.2) is 16.2 Å². The first kappa shape index (κ1) is 13.7. The van der Waals surface area contributed by atoms with Crippen LogP contribution >= 0.6 is 27.3 Å². The number of carbonyl (C=O) groups is 1. The first-order chi connectivity index (χ1) is 7.40. The van der Waals surface area contributed by atoms with Gasteiger partial charge in [-0.05, 0) is 41.3 Å². The summed E-state index contributed by atoms with van der Waals surface area (Å²) in [6.45, 7) is 3.82. The molecule has 3 nitrogen and oxygen atoms in total. The zero-order chi connectivity index (χ0) is 12.3. The Hall–Kier alpha value is -0.390. The van der Waals surface area contributed by atoms with E-state index in [9.17, 15) is 9.90 Å². The molecule has 0 aliphatic heterocycles. The highest BCUT2D eigenvalue weighted by Gasteiger charge is 2.18. The average Bonchev–Trinajstić information content (AvgIpc) is 2.43. The van der Waals surface area contributed by atoms with Crippen LogP contribution in [0.1, 0.15) is 35.6 Å². The van der Waals surface area contributed by atoms with E-state index in [0.717, 1.165) is 14.2 Å². The molecule has 2 atom stereocenters. The van der Waals surface area contributed by atoms with Crippen LogP contribution in [0.4, 0.5) is 0 Å². The Kier molecular flexibility index (Phi) is 4.95. The van der Waals surface area contributed by atoms with E-state index < -0.39 is 12.1 Å². The Morgan fingerprint density at radius 1 is 1.62 bits per heavy atom. The molecule has 1 rings (SSSR count). The Bertz CT molecular complexity index is 375. The van der Waals surface area contributed by atoms with Crippen molar-refractivity contribution in [1.29, 1.82) is 0 Å². The summed E-state index contributed by atoms with van der Waals surface area (Å²) in [6.07, 6.45) is -0.00778. The average molecular weight is 307 g/mol. The molecule has 0 aliphatic rings. The number of carboxylic acids is 1. The predicted molar refractivity (Wildman–Crippen MR) is 67.7 cm³/mol. The van der Waals surface area contributed by atoms with Gasteiger partial charge in [-0.2, -0.15) is 0 Å². The number of hydrogen-bond acceptors (Lipinski definition) is 3. The van der Waals surface area contributed by atoms with Gasteiger partial charge < -0.3 is 10.2 Å². The van der Waals surface area contributed by atoms with Gasteiger partial charge in [-0.15, -0.1) is 11.3 Å². The summed E-state index contributed by atoms with van der Waals surface area (Å²) >= 11 is 4.93. The number of aliphatic carboxylic acids is 1. The number of thiophene rings is 1. The third-order valence-corrected chi connectivity index (χ3v) is 4.36. The highest BCUT2D eigenvalue weighted by Crippen LogP contribution is 2.35. The number of halogens is 1. The van der Waals surface area contributed by atoms with E-state index in [1.165, 1.54) is 11.3 Å². The lowest BCUT2D eigenvalue weighted by Gasteiger charge is -2.14. The molecule has 0 saturated heterocycles.